The number of nitrogens with one attached hydrogen (secondary N) is 1. The molecule has 0 atom stereocenters. The summed E-state index contributed by atoms with van der Waals surface area (Å²) in [5.41, 5.74) is 7.56. The van der Waals surface area contributed by atoms with Crippen molar-refractivity contribution in [3.8, 4) is 23.0 Å². The normalized spacial score (nSPS) is 10.0. The van der Waals surface area contributed by atoms with E-state index in [0.29, 0.717) is 47.4 Å². The number of nitrogens with two attached hydrogens (primary N) is 1. The first kappa shape index (κ1) is 43.1. The monoisotopic (exact) mass is 852 g/mol. The van der Waals surface area contributed by atoms with Gasteiger partial charge in [0, 0.05) is 37.9 Å². The van der Waals surface area contributed by atoms with Crippen LogP contribution in [0.4, 0.5) is 16.2 Å². The lowest BCUT2D eigenvalue weighted by Crippen LogP contribution is -2.03. The maximum absolute atomic E-state index is 9.85. The van der Waals surface area contributed by atoms with Crippen LogP contribution in [0.3, 0.4) is 0 Å². The van der Waals surface area contributed by atoms with E-state index in [4.69, 9.17) is 79.5 Å². The smallest absolute Gasteiger partial charge is 0.402 e. The number of halogens is 6. The summed E-state index contributed by atoms with van der Waals surface area (Å²) in [5, 5.41) is 51.7. The first-order chi connectivity index (χ1) is 25.1. The molecular weight excluding hydrogens is 825 g/mol. The number of aromatic hydroxyl groups is 4. The van der Waals surface area contributed by atoms with E-state index < -0.39 is 6.09 Å². The summed E-state index contributed by atoms with van der Waals surface area (Å²) in [6.07, 6.45) is -0.960. The molecule has 15 heteroatoms. The fraction of sp³-hybridized carbons (Fsp3) is 0.0263. The van der Waals surface area contributed by atoms with Crippen molar-refractivity contribution in [2.24, 2.45) is 5.73 Å². The molecule has 6 aromatic carbocycles. The summed E-state index contributed by atoms with van der Waals surface area (Å²) in [7, 11) is 0. The van der Waals surface area contributed by atoms with Crippen LogP contribution in [0.5, 0.6) is 23.0 Å². The van der Waals surface area contributed by atoms with Crippen molar-refractivity contribution in [1.29, 1.82) is 0 Å². The number of carbonyl (C=O) groups is 1. The zero-order valence-electron chi connectivity index (χ0n) is 27.2. The van der Waals surface area contributed by atoms with E-state index in [1.54, 1.807) is 24.3 Å². The summed E-state index contributed by atoms with van der Waals surface area (Å²) in [5.74, 6) is 0.0562. The van der Waals surface area contributed by atoms with E-state index in [0.717, 1.165) is 23.1 Å². The summed E-state index contributed by atoms with van der Waals surface area (Å²) < 4.78 is 0. The van der Waals surface area contributed by atoms with Crippen molar-refractivity contribution < 1.29 is 30.3 Å². The van der Waals surface area contributed by atoms with Crippen LogP contribution in [0.2, 0.25) is 30.1 Å². The number of phenols is 4. The quantitative estimate of drug-likeness (QED) is 0.0873. The highest BCUT2D eigenvalue weighted by atomic mass is 35.5. The largest absolute Gasteiger partial charge is 0.508 e. The molecule has 8 N–H and O–H groups in total. The highest BCUT2D eigenvalue weighted by Gasteiger charge is 2.14. The molecule has 1 amide bonds. The summed E-state index contributed by atoms with van der Waals surface area (Å²) in [4.78, 5) is 9.57. The number of hydrogen-bond donors (Lipinski definition) is 7. The van der Waals surface area contributed by atoms with E-state index in [1.165, 1.54) is 36.4 Å². The van der Waals surface area contributed by atoms with Gasteiger partial charge in [-0.3, -0.25) is 0 Å². The van der Waals surface area contributed by atoms with Crippen LogP contribution < -0.4 is 11.1 Å². The fourth-order valence-corrected chi connectivity index (χ4v) is 6.80. The predicted molar refractivity (Wildman–Crippen MR) is 218 cm³/mol. The topological polar surface area (TPSA) is 156 Å². The van der Waals surface area contributed by atoms with Crippen molar-refractivity contribution in [2.75, 3.05) is 5.32 Å². The van der Waals surface area contributed by atoms with Crippen LogP contribution in [0.15, 0.2) is 131 Å². The van der Waals surface area contributed by atoms with Crippen LogP contribution in [0, 0.1) is 0 Å². The van der Waals surface area contributed by atoms with Gasteiger partial charge in [-0.15, -0.1) is 0 Å². The Kier molecular flexibility index (Phi) is 17.4. The fourth-order valence-electron chi connectivity index (χ4n) is 4.16. The molecule has 0 aliphatic carbocycles. The third kappa shape index (κ3) is 14.9. The number of amides is 1. The van der Waals surface area contributed by atoms with Gasteiger partial charge in [-0.2, -0.15) is 0 Å². The first-order valence-electron chi connectivity index (χ1n) is 15.0. The molecule has 0 aliphatic heterocycles. The molecule has 0 spiro atoms. The van der Waals surface area contributed by atoms with Gasteiger partial charge in [0.15, 0.2) is 0 Å². The van der Waals surface area contributed by atoms with Crippen LogP contribution in [0.1, 0.15) is 11.1 Å². The maximum Gasteiger partial charge on any atom is 0.402 e. The number of rotatable bonds is 6. The van der Waals surface area contributed by atoms with E-state index in [1.807, 2.05) is 60.7 Å². The number of anilines is 2. The highest BCUT2D eigenvalue weighted by Crippen LogP contribution is 2.46. The minimum atomic E-state index is -1.33. The van der Waals surface area contributed by atoms with E-state index in [9.17, 15) is 20.4 Å². The summed E-state index contributed by atoms with van der Waals surface area (Å²) in [6, 6.07) is 35.8. The van der Waals surface area contributed by atoms with Crippen molar-refractivity contribution in [3.05, 3.63) is 163 Å². The SMILES string of the molecule is NC(=O)O.Oc1c(Cl)cc(Cl)cc1Sc1cc(Cl)cc(Cl)c1O.Oc1ccc(Cl)cc1Cc1cc(Cl)ccc1O.c1ccc(Nc2ccccc2)cc1. The zero-order chi connectivity index (χ0) is 39.1. The lowest BCUT2D eigenvalue weighted by molar-refractivity contribution is 0.205. The van der Waals surface area contributed by atoms with Crippen molar-refractivity contribution in [2.45, 2.75) is 16.2 Å². The van der Waals surface area contributed by atoms with Gasteiger partial charge >= 0.3 is 6.09 Å². The molecule has 0 saturated heterocycles. The van der Waals surface area contributed by atoms with Gasteiger partial charge < -0.3 is 36.6 Å². The number of hydrogen-bond acceptors (Lipinski definition) is 7. The van der Waals surface area contributed by atoms with Gasteiger partial charge in [-0.05, 0) is 96.1 Å². The second kappa shape index (κ2) is 21.4. The third-order valence-electron chi connectivity index (χ3n) is 6.51. The molecule has 6 rings (SSSR count). The van der Waals surface area contributed by atoms with Gasteiger partial charge in [0.25, 0.3) is 0 Å². The summed E-state index contributed by atoms with van der Waals surface area (Å²) in [6.45, 7) is 0. The van der Waals surface area contributed by atoms with Crippen molar-refractivity contribution >= 4 is 98.8 Å². The summed E-state index contributed by atoms with van der Waals surface area (Å²) >= 11 is 36.2. The molecule has 0 fully saturated rings. The minimum Gasteiger partial charge on any atom is -0.508 e. The van der Waals surface area contributed by atoms with Gasteiger partial charge in [0.1, 0.15) is 23.0 Å². The van der Waals surface area contributed by atoms with Crippen LogP contribution in [-0.4, -0.2) is 31.6 Å². The number of phenolic OH excluding ortho intramolecular Hbond substituents is 4. The van der Waals surface area contributed by atoms with Crippen molar-refractivity contribution in [3.63, 3.8) is 0 Å². The second-order valence-corrected chi connectivity index (χ2v) is 14.1. The Bertz CT molecular complexity index is 1980. The molecule has 0 aliphatic rings. The molecule has 0 heterocycles. The number of para-hydroxylation sites is 2. The van der Waals surface area contributed by atoms with Gasteiger partial charge in [-0.1, -0.05) is 118 Å². The Morgan fingerprint density at radius 2 is 0.906 bits per heavy atom. The molecule has 0 radical (unpaired) electrons. The Morgan fingerprint density at radius 1 is 0.547 bits per heavy atom. The molecule has 6 aromatic rings. The van der Waals surface area contributed by atoms with Crippen LogP contribution >= 0.6 is 81.4 Å². The number of carboxylic acid groups (broad SMARTS) is 1. The molecule has 8 nitrogen and oxygen atoms in total. The Hall–Kier alpha value is -4.32. The van der Waals surface area contributed by atoms with Gasteiger partial charge in [0.2, 0.25) is 0 Å². The first-order valence-corrected chi connectivity index (χ1v) is 18.1. The lowest BCUT2D eigenvalue weighted by Gasteiger charge is -2.09. The van der Waals surface area contributed by atoms with Crippen LogP contribution in [0.25, 0.3) is 0 Å². The second-order valence-electron chi connectivity index (χ2n) is 10.5. The Labute approximate surface area is 339 Å². The van der Waals surface area contributed by atoms with E-state index >= 15 is 0 Å². The highest BCUT2D eigenvalue weighted by molar-refractivity contribution is 7.99. The van der Waals surface area contributed by atoms with Gasteiger partial charge in [0.05, 0.1) is 19.8 Å². The standard InChI is InChI=1S/C13H10Cl2O2.C12H6Cl4O2S.C12H11N.CH3NO2/c14-10-1-3-12(16)8(6-10)5-9-7-11(15)2-4-13(9)17;13-5-1-7(15)11(17)9(3-5)19-10-4-6(14)2-8(16)12(10)18;1-3-7-11(8-4-1)13-12-9-5-2-6-10-12;2-1(3)4/h1-4,6-7,16-17H,5H2;1-4,17-18H;1-10,13H;2H2,(H,3,4). The number of primary amides is 1. The average Bonchev–Trinajstić information content (AvgIpc) is 3.10. The molecule has 0 aromatic heterocycles. The molecule has 0 saturated carbocycles. The average molecular weight is 855 g/mol. The lowest BCUT2D eigenvalue weighted by atomic mass is 10.0. The molecule has 53 heavy (non-hydrogen) atoms. The third-order valence-corrected chi connectivity index (χ3v) is 9.05. The maximum atomic E-state index is 9.85. The molecule has 276 valence electrons. The zero-order valence-corrected chi connectivity index (χ0v) is 32.5. The van der Waals surface area contributed by atoms with Gasteiger partial charge in [-0.25, -0.2) is 4.79 Å². The van der Waals surface area contributed by atoms with E-state index in [-0.39, 0.29) is 33.0 Å². The Balaban J connectivity index is 0.000000206. The Morgan fingerprint density at radius 3 is 1.26 bits per heavy atom. The molecule has 0 bridgehead atoms. The van der Waals surface area contributed by atoms with E-state index in [2.05, 4.69) is 11.1 Å². The molecular formula is C38H30Cl6N2O6S. The minimum absolute atomic E-state index is 0.119. The number of benzene rings is 6. The van der Waals surface area contributed by atoms with Crippen LogP contribution in [-0.2, 0) is 6.42 Å². The molecule has 0 unspecified atom stereocenters. The van der Waals surface area contributed by atoms with Crippen molar-refractivity contribution in [1.82, 2.24) is 0 Å². The predicted octanol–water partition coefficient (Wildman–Crippen LogP) is 12.9.